The standard InChI is InChI=1S/C25H40N6.HI/c1-8-26-24(28-18(2)15-23-19(3)29-30(7)20(23)4)27-17-25(5,6)31-14-13-21-11-9-10-12-22(21)16-31;/h9-12,18H,8,13-17H2,1-7H3,(H2,26,27,28);1H. The first kappa shape index (κ1) is 26.6. The summed E-state index contributed by atoms with van der Waals surface area (Å²) in [5, 5.41) is 11.6. The number of aliphatic imine (C=N–C) groups is 1. The topological polar surface area (TPSA) is 57.5 Å². The molecular weight excluding hydrogens is 511 g/mol. The van der Waals surface area contributed by atoms with Crippen molar-refractivity contribution in [1.29, 1.82) is 0 Å². The molecule has 0 radical (unpaired) electrons. The van der Waals surface area contributed by atoms with Gasteiger partial charge >= 0.3 is 0 Å². The Morgan fingerprint density at radius 3 is 2.53 bits per heavy atom. The number of nitrogens with zero attached hydrogens (tertiary/aromatic N) is 4. The number of benzene rings is 1. The van der Waals surface area contributed by atoms with E-state index in [4.69, 9.17) is 4.99 Å². The maximum absolute atomic E-state index is 4.98. The maximum Gasteiger partial charge on any atom is 0.191 e. The molecule has 0 saturated heterocycles. The van der Waals surface area contributed by atoms with Gasteiger partial charge in [-0.05, 0) is 71.1 Å². The highest BCUT2D eigenvalue weighted by molar-refractivity contribution is 14.0. The SMILES string of the molecule is CCNC(=NCC(C)(C)N1CCc2ccccc2C1)NC(C)Cc1c(C)nn(C)c1C.I. The van der Waals surface area contributed by atoms with Crippen LogP contribution in [0.5, 0.6) is 0 Å². The summed E-state index contributed by atoms with van der Waals surface area (Å²) in [5.41, 5.74) is 6.61. The highest BCUT2D eigenvalue weighted by atomic mass is 127. The molecule has 7 heteroatoms. The van der Waals surface area contributed by atoms with Gasteiger partial charge in [-0.25, -0.2) is 0 Å². The number of rotatable bonds is 7. The first-order valence-corrected chi connectivity index (χ1v) is 11.6. The second kappa shape index (κ2) is 11.5. The van der Waals surface area contributed by atoms with Gasteiger partial charge in [0.15, 0.2) is 5.96 Å². The molecule has 3 rings (SSSR count). The highest BCUT2D eigenvalue weighted by Crippen LogP contribution is 2.25. The number of guanidine groups is 1. The normalized spacial score (nSPS) is 15.7. The predicted molar refractivity (Wildman–Crippen MR) is 145 cm³/mol. The lowest BCUT2D eigenvalue weighted by Crippen LogP contribution is -2.50. The smallest absolute Gasteiger partial charge is 0.191 e. The van der Waals surface area contributed by atoms with Gasteiger partial charge in [-0.1, -0.05) is 24.3 Å². The van der Waals surface area contributed by atoms with Crippen LogP contribution in [0.15, 0.2) is 29.3 Å². The Kier molecular flexibility index (Phi) is 9.57. The van der Waals surface area contributed by atoms with E-state index in [9.17, 15) is 0 Å². The van der Waals surface area contributed by atoms with Crippen molar-refractivity contribution in [1.82, 2.24) is 25.3 Å². The molecule has 0 bridgehead atoms. The fourth-order valence-corrected chi connectivity index (χ4v) is 4.41. The molecule has 178 valence electrons. The lowest BCUT2D eigenvalue weighted by Gasteiger charge is -2.41. The van der Waals surface area contributed by atoms with Gasteiger partial charge in [0, 0.05) is 44.0 Å². The summed E-state index contributed by atoms with van der Waals surface area (Å²) in [4.78, 5) is 7.54. The van der Waals surface area contributed by atoms with Crippen molar-refractivity contribution in [2.45, 2.75) is 72.5 Å². The largest absolute Gasteiger partial charge is 0.357 e. The molecular formula is C25H41IN6. The van der Waals surface area contributed by atoms with Crippen molar-refractivity contribution < 1.29 is 0 Å². The fourth-order valence-electron chi connectivity index (χ4n) is 4.41. The van der Waals surface area contributed by atoms with E-state index < -0.39 is 0 Å². The number of hydrogen-bond acceptors (Lipinski definition) is 3. The Labute approximate surface area is 211 Å². The summed E-state index contributed by atoms with van der Waals surface area (Å²) in [6.45, 7) is 16.9. The molecule has 2 heterocycles. The van der Waals surface area contributed by atoms with Gasteiger partial charge in [-0.15, -0.1) is 24.0 Å². The summed E-state index contributed by atoms with van der Waals surface area (Å²) in [6, 6.07) is 9.08. The van der Waals surface area contributed by atoms with Crippen molar-refractivity contribution in [3.8, 4) is 0 Å². The zero-order valence-corrected chi connectivity index (χ0v) is 23.2. The van der Waals surface area contributed by atoms with Gasteiger partial charge in [0.2, 0.25) is 0 Å². The molecule has 2 N–H and O–H groups in total. The van der Waals surface area contributed by atoms with E-state index in [2.05, 4.69) is 86.4 Å². The molecule has 1 unspecified atom stereocenters. The van der Waals surface area contributed by atoms with Crippen LogP contribution in [0.4, 0.5) is 0 Å². The zero-order valence-electron chi connectivity index (χ0n) is 20.8. The van der Waals surface area contributed by atoms with E-state index in [1.165, 1.54) is 22.4 Å². The maximum atomic E-state index is 4.98. The van der Waals surface area contributed by atoms with Crippen LogP contribution >= 0.6 is 24.0 Å². The average molecular weight is 553 g/mol. The number of nitrogens with one attached hydrogen (secondary N) is 2. The third kappa shape index (κ3) is 6.47. The number of aryl methyl sites for hydroxylation is 2. The minimum atomic E-state index is -0.00432. The van der Waals surface area contributed by atoms with E-state index in [1.807, 2.05) is 11.7 Å². The van der Waals surface area contributed by atoms with Crippen molar-refractivity contribution in [2.24, 2.45) is 12.0 Å². The van der Waals surface area contributed by atoms with Gasteiger partial charge in [0.05, 0.1) is 12.2 Å². The fraction of sp³-hybridized carbons (Fsp3) is 0.600. The van der Waals surface area contributed by atoms with E-state index in [0.29, 0.717) is 0 Å². The van der Waals surface area contributed by atoms with Gasteiger partial charge in [0.25, 0.3) is 0 Å². The summed E-state index contributed by atoms with van der Waals surface area (Å²) in [5.74, 6) is 0.889. The van der Waals surface area contributed by atoms with E-state index >= 15 is 0 Å². The number of halogens is 1. The summed E-state index contributed by atoms with van der Waals surface area (Å²) in [7, 11) is 2.01. The quantitative estimate of drug-likeness (QED) is 0.310. The second-order valence-electron chi connectivity index (χ2n) is 9.47. The highest BCUT2D eigenvalue weighted by Gasteiger charge is 2.29. The minimum Gasteiger partial charge on any atom is -0.357 e. The van der Waals surface area contributed by atoms with Crippen LogP contribution < -0.4 is 10.6 Å². The van der Waals surface area contributed by atoms with E-state index in [1.54, 1.807) is 0 Å². The molecule has 32 heavy (non-hydrogen) atoms. The van der Waals surface area contributed by atoms with Gasteiger partial charge in [0.1, 0.15) is 0 Å². The zero-order chi connectivity index (χ0) is 22.6. The number of fused-ring (bicyclic) bond motifs is 1. The molecule has 0 saturated carbocycles. The molecule has 1 aliphatic heterocycles. The number of aromatic nitrogens is 2. The Bertz CT molecular complexity index is 917. The number of hydrogen-bond donors (Lipinski definition) is 2. The van der Waals surface area contributed by atoms with Gasteiger partial charge in [-0.3, -0.25) is 14.6 Å². The first-order valence-electron chi connectivity index (χ1n) is 11.6. The summed E-state index contributed by atoms with van der Waals surface area (Å²) >= 11 is 0. The molecule has 2 aromatic rings. The third-order valence-corrected chi connectivity index (χ3v) is 6.51. The van der Waals surface area contributed by atoms with Crippen molar-refractivity contribution in [3.63, 3.8) is 0 Å². The van der Waals surface area contributed by atoms with Crippen molar-refractivity contribution >= 4 is 29.9 Å². The van der Waals surface area contributed by atoms with E-state index in [0.717, 1.165) is 50.7 Å². The molecule has 0 aliphatic carbocycles. The Balaban J connectivity index is 0.00000363. The second-order valence-corrected chi connectivity index (χ2v) is 9.47. The third-order valence-electron chi connectivity index (χ3n) is 6.51. The molecule has 1 aromatic heterocycles. The van der Waals surface area contributed by atoms with Crippen molar-refractivity contribution in [3.05, 3.63) is 52.3 Å². The average Bonchev–Trinajstić information content (AvgIpc) is 2.98. The van der Waals surface area contributed by atoms with Crippen LogP contribution in [0.2, 0.25) is 0 Å². The van der Waals surface area contributed by atoms with Crippen LogP contribution in [-0.2, 0) is 26.4 Å². The van der Waals surface area contributed by atoms with Gasteiger partial charge in [-0.2, -0.15) is 5.10 Å². The lowest BCUT2D eigenvalue weighted by atomic mass is 9.94. The minimum absolute atomic E-state index is 0. The Hall–Kier alpha value is -1.61. The molecule has 1 aromatic carbocycles. The lowest BCUT2D eigenvalue weighted by molar-refractivity contribution is 0.111. The molecule has 6 nitrogen and oxygen atoms in total. The van der Waals surface area contributed by atoms with Crippen LogP contribution in [0.3, 0.4) is 0 Å². The summed E-state index contributed by atoms with van der Waals surface area (Å²) in [6.07, 6.45) is 2.05. The van der Waals surface area contributed by atoms with Crippen LogP contribution in [0.1, 0.15) is 55.8 Å². The molecule has 1 atom stereocenters. The van der Waals surface area contributed by atoms with Crippen molar-refractivity contribution in [2.75, 3.05) is 19.6 Å². The van der Waals surface area contributed by atoms with Crippen LogP contribution in [-0.4, -0.2) is 51.9 Å². The molecule has 0 spiro atoms. The molecule has 0 amide bonds. The van der Waals surface area contributed by atoms with E-state index in [-0.39, 0.29) is 35.6 Å². The first-order chi connectivity index (χ1) is 14.7. The molecule has 0 fully saturated rings. The van der Waals surface area contributed by atoms with Crippen LogP contribution in [0.25, 0.3) is 0 Å². The Morgan fingerprint density at radius 1 is 1.22 bits per heavy atom. The monoisotopic (exact) mass is 552 g/mol. The van der Waals surface area contributed by atoms with Crippen LogP contribution in [0, 0.1) is 13.8 Å². The summed E-state index contributed by atoms with van der Waals surface area (Å²) < 4.78 is 1.97. The predicted octanol–water partition coefficient (Wildman–Crippen LogP) is 3.98. The van der Waals surface area contributed by atoms with Gasteiger partial charge < -0.3 is 10.6 Å². The molecule has 1 aliphatic rings. The Morgan fingerprint density at radius 2 is 1.91 bits per heavy atom.